The lowest BCUT2D eigenvalue weighted by molar-refractivity contribution is -0.137. The summed E-state index contributed by atoms with van der Waals surface area (Å²) in [6, 6.07) is 7.06. The molecule has 5 nitrogen and oxygen atoms in total. The zero-order valence-corrected chi connectivity index (χ0v) is 11.0. The minimum Gasteiger partial charge on any atom is -0.481 e. The van der Waals surface area contributed by atoms with Crippen molar-refractivity contribution in [1.82, 2.24) is 0 Å². The van der Waals surface area contributed by atoms with E-state index in [1.165, 1.54) is 6.08 Å². The van der Waals surface area contributed by atoms with Crippen molar-refractivity contribution < 1.29 is 19.4 Å². The lowest BCUT2D eigenvalue weighted by Gasteiger charge is -2.10. The summed E-state index contributed by atoms with van der Waals surface area (Å²) in [5.41, 5.74) is 1.92. The Morgan fingerprint density at radius 1 is 1.37 bits per heavy atom. The fraction of sp³-hybridized carbons (Fsp3) is 0.286. The second-order valence-corrected chi connectivity index (χ2v) is 3.93. The van der Waals surface area contributed by atoms with Crippen molar-refractivity contribution >= 4 is 17.6 Å². The van der Waals surface area contributed by atoms with Gasteiger partial charge in [0, 0.05) is 17.5 Å². The molecule has 0 saturated heterocycles. The minimum atomic E-state index is -0.902. The lowest BCUT2D eigenvalue weighted by Crippen LogP contribution is -2.07. The van der Waals surface area contributed by atoms with Gasteiger partial charge in [0.1, 0.15) is 0 Å². The number of para-hydroxylation sites is 1. The van der Waals surface area contributed by atoms with Crippen molar-refractivity contribution in [2.24, 2.45) is 0 Å². The van der Waals surface area contributed by atoms with E-state index < -0.39 is 11.9 Å². The number of aliphatic carboxylic acids is 1. The number of anilines is 1. The van der Waals surface area contributed by atoms with E-state index in [4.69, 9.17) is 9.84 Å². The lowest BCUT2D eigenvalue weighted by atomic mass is 10.1. The summed E-state index contributed by atoms with van der Waals surface area (Å²) in [5.74, 6) is -1.33. The normalized spacial score (nSPS) is 10.9. The first kappa shape index (κ1) is 14.8. The number of carboxylic acid groups (broad SMARTS) is 1. The molecule has 1 rings (SSSR count). The number of nitrogens with one attached hydrogen (secondary N) is 1. The standard InChI is InChI=1S/C14H17NO4/c1-3-19-14(18)8-10(2)15-12-7-5-4-6-11(12)9-13(16)17/h4-8,15H,3,9H2,1-2H3,(H,16,17)/b10-8+. The van der Waals surface area contributed by atoms with E-state index in [0.717, 1.165) is 0 Å². The molecular formula is C14H17NO4. The predicted octanol–water partition coefficient (Wildman–Crippen LogP) is 2.19. The third-order valence-corrected chi connectivity index (χ3v) is 2.31. The van der Waals surface area contributed by atoms with Gasteiger partial charge in [-0.1, -0.05) is 18.2 Å². The Bertz CT molecular complexity index is 494. The largest absolute Gasteiger partial charge is 0.481 e. The molecule has 0 amide bonds. The number of rotatable bonds is 6. The molecule has 0 aliphatic rings. The van der Waals surface area contributed by atoms with E-state index in [0.29, 0.717) is 23.6 Å². The van der Waals surface area contributed by atoms with Crippen LogP contribution in [0.25, 0.3) is 0 Å². The van der Waals surface area contributed by atoms with Crippen LogP contribution in [0.4, 0.5) is 5.69 Å². The van der Waals surface area contributed by atoms with Crippen molar-refractivity contribution in [3.05, 3.63) is 41.6 Å². The molecule has 2 N–H and O–H groups in total. The predicted molar refractivity (Wildman–Crippen MR) is 71.8 cm³/mol. The molecule has 0 aromatic heterocycles. The first-order valence-corrected chi connectivity index (χ1v) is 5.94. The van der Waals surface area contributed by atoms with Crippen LogP contribution < -0.4 is 5.32 Å². The third-order valence-electron chi connectivity index (χ3n) is 2.31. The van der Waals surface area contributed by atoms with Gasteiger partial charge in [0.2, 0.25) is 0 Å². The van der Waals surface area contributed by atoms with Crippen molar-refractivity contribution in [3.63, 3.8) is 0 Å². The zero-order valence-electron chi connectivity index (χ0n) is 11.0. The second-order valence-electron chi connectivity index (χ2n) is 3.93. The number of carboxylic acids is 1. The molecule has 0 unspecified atom stereocenters. The summed E-state index contributed by atoms with van der Waals surface area (Å²) in [5, 5.41) is 11.8. The quantitative estimate of drug-likeness (QED) is 0.608. The zero-order chi connectivity index (χ0) is 14.3. The van der Waals surface area contributed by atoms with Gasteiger partial charge < -0.3 is 15.2 Å². The van der Waals surface area contributed by atoms with E-state index in [-0.39, 0.29) is 6.42 Å². The maximum Gasteiger partial charge on any atom is 0.332 e. The summed E-state index contributed by atoms with van der Waals surface area (Å²) in [4.78, 5) is 22.0. The Morgan fingerprint density at radius 3 is 2.68 bits per heavy atom. The van der Waals surface area contributed by atoms with Crippen LogP contribution in [0.3, 0.4) is 0 Å². The van der Waals surface area contributed by atoms with E-state index in [1.807, 2.05) is 0 Å². The van der Waals surface area contributed by atoms with Gasteiger partial charge in [0.25, 0.3) is 0 Å². The smallest absolute Gasteiger partial charge is 0.332 e. The van der Waals surface area contributed by atoms with E-state index in [9.17, 15) is 9.59 Å². The van der Waals surface area contributed by atoms with Gasteiger partial charge in [-0.05, 0) is 25.5 Å². The van der Waals surface area contributed by atoms with Crippen LogP contribution in [-0.4, -0.2) is 23.7 Å². The van der Waals surface area contributed by atoms with Crippen LogP contribution in [0.15, 0.2) is 36.0 Å². The SMILES string of the molecule is CCOC(=O)/C=C(\C)Nc1ccccc1CC(=O)O. The molecule has 0 aliphatic heterocycles. The van der Waals surface area contributed by atoms with Crippen LogP contribution in [0.5, 0.6) is 0 Å². The first-order valence-electron chi connectivity index (χ1n) is 5.94. The number of ether oxygens (including phenoxy) is 1. The van der Waals surface area contributed by atoms with Crippen LogP contribution in [0, 0.1) is 0 Å². The van der Waals surface area contributed by atoms with Gasteiger partial charge in [0.05, 0.1) is 13.0 Å². The highest BCUT2D eigenvalue weighted by atomic mass is 16.5. The maximum atomic E-state index is 11.3. The minimum absolute atomic E-state index is 0.0736. The van der Waals surface area contributed by atoms with Crippen LogP contribution >= 0.6 is 0 Å². The highest BCUT2D eigenvalue weighted by molar-refractivity contribution is 5.83. The number of esters is 1. The molecule has 0 atom stereocenters. The molecule has 102 valence electrons. The highest BCUT2D eigenvalue weighted by Gasteiger charge is 2.06. The molecule has 0 saturated carbocycles. The Kier molecular flexibility index (Phi) is 5.60. The number of carbonyl (C=O) groups is 2. The number of allylic oxidation sites excluding steroid dienone is 1. The molecule has 1 aromatic carbocycles. The van der Waals surface area contributed by atoms with Crippen molar-refractivity contribution in [2.45, 2.75) is 20.3 Å². The Labute approximate surface area is 111 Å². The summed E-state index contributed by atoms with van der Waals surface area (Å²) in [7, 11) is 0. The summed E-state index contributed by atoms with van der Waals surface area (Å²) < 4.78 is 4.80. The molecule has 0 heterocycles. The summed E-state index contributed by atoms with van der Waals surface area (Å²) in [6.45, 7) is 3.77. The second kappa shape index (κ2) is 7.20. The third kappa shape index (κ3) is 5.25. The molecule has 1 aromatic rings. The topological polar surface area (TPSA) is 75.6 Å². The Balaban J connectivity index is 2.81. The molecular weight excluding hydrogens is 246 g/mol. The summed E-state index contributed by atoms with van der Waals surface area (Å²) in [6.07, 6.45) is 1.26. The maximum absolute atomic E-state index is 11.3. The number of benzene rings is 1. The van der Waals surface area contributed by atoms with Crippen LogP contribution in [-0.2, 0) is 20.7 Å². The average Bonchev–Trinajstić information content (AvgIpc) is 2.31. The summed E-state index contributed by atoms with van der Waals surface area (Å²) >= 11 is 0. The monoisotopic (exact) mass is 263 g/mol. The average molecular weight is 263 g/mol. The van der Waals surface area contributed by atoms with Gasteiger partial charge in [0.15, 0.2) is 0 Å². The molecule has 0 aliphatic carbocycles. The Morgan fingerprint density at radius 2 is 2.05 bits per heavy atom. The first-order chi connectivity index (χ1) is 9.02. The van der Waals surface area contributed by atoms with Gasteiger partial charge in [-0.3, -0.25) is 4.79 Å². The van der Waals surface area contributed by atoms with Gasteiger partial charge in [-0.2, -0.15) is 0 Å². The number of carbonyl (C=O) groups excluding carboxylic acids is 1. The number of hydrogen-bond acceptors (Lipinski definition) is 4. The molecule has 0 radical (unpaired) electrons. The van der Waals surface area contributed by atoms with Crippen LogP contribution in [0.1, 0.15) is 19.4 Å². The highest BCUT2D eigenvalue weighted by Crippen LogP contribution is 2.17. The molecule has 19 heavy (non-hydrogen) atoms. The van der Waals surface area contributed by atoms with E-state index in [2.05, 4.69) is 5.32 Å². The number of hydrogen-bond donors (Lipinski definition) is 2. The van der Waals surface area contributed by atoms with Crippen LogP contribution in [0.2, 0.25) is 0 Å². The van der Waals surface area contributed by atoms with E-state index in [1.54, 1.807) is 38.1 Å². The van der Waals surface area contributed by atoms with Gasteiger partial charge in [-0.25, -0.2) is 4.79 Å². The van der Waals surface area contributed by atoms with Crippen molar-refractivity contribution in [1.29, 1.82) is 0 Å². The molecule has 5 heteroatoms. The molecule has 0 fully saturated rings. The van der Waals surface area contributed by atoms with Gasteiger partial charge >= 0.3 is 11.9 Å². The van der Waals surface area contributed by atoms with Crippen molar-refractivity contribution in [3.8, 4) is 0 Å². The fourth-order valence-corrected chi connectivity index (χ4v) is 1.57. The van der Waals surface area contributed by atoms with Crippen molar-refractivity contribution in [2.75, 3.05) is 11.9 Å². The molecule has 0 spiro atoms. The molecule has 0 bridgehead atoms. The van der Waals surface area contributed by atoms with Gasteiger partial charge in [-0.15, -0.1) is 0 Å². The van der Waals surface area contributed by atoms with E-state index >= 15 is 0 Å². The Hall–Kier alpha value is -2.30. The fourth-order valence-electron chi connectivity index (χ4n) is 1.57.